The molecule has 1 aliphatic heterocycles. The smallest absolute Gasteiger partial charge is 0.317 e. The Bertz CT molecular complexity index is 2470. The summed E-state index contributed by atoms with van der Waals surface area (Å²) in [7, 11) is 0. The number of fused-ring (bicyclic) bond motifs is 17. The Morgan fingerprint density at radius 2 is 1.22 bits per heavy atom. The number of hydrogen-bond donors (Lipinski definition) is 1. The van der Waals surface area contributed by atoms with E-state index in [4.69, 9.17) is 9.47 Å². The zero-order chi connectivity index (χ0) is 45.2. The van der Waals surface area contributed by atoms with Crippen LogP contribution in [0.3, 0.4) is 0 Å². The Morgan fingerprint density at radius 1 is 0.651 bits per heavy atom. The first-order chi connectivity index (χ1) is 29.2. The van der Waals surface area contributed by atoms with Gasteiger partial charge in [-0.2, -0.15) is 0 Å². The fourth-order valence-corrected chi connectivity index (χ4v) is 18.5. The topological polar surface area (TPSA) is 107 Å². The highest BCUT2D eigenvalue weighted by molar-refractivity contribution is 6.04. The van der Waals surface area contributed by atoms with Crippen LogP contribution in [0.5, 0.6) is 11.5 Å². The van der Waals surface area contributed by atoms with Gasteiger partial charge in [0, 0.05) is 53.2 Å². The summed E-state index contributed by atoms with van der Waals surface area (Å²) in [6.07, 6.45) is 17.4. The Hall–Kier alpha value is -3.32. The van der Waals surface area contributed by atoms with Crippen LogP contribution in [0.4, 0.5) is 0 Å². The van der Waals surface area contributed by atoms with Crippen LogP contribution in [0, 0.1) is 74.4 Å². The van der Waals surface area contributed by atoms with Crippen LogP contribution in [0.15, 0.2) is 41.0 Å². The molecule has 1 aromatic carbocycles. The molecule has 0 bridgehead atoms. The molecule has 15 atom stereocenters. The third kappa shape index (κ3) is 4.68. The van der Waals surface area contributed by atoms with Crippen molar-refractivity contribution >= 4 is 23.1 Å². The standard InChI is InChI=1S/C56H72O7/c1-30-23-41-47(4,28-37(30)58)15-19-51(8)40-14-13-33-34(49(40,6)17-21-52(41,51)9)26-44(60)56(61)55(33,12)63-46-32(3)45-35(25-39(46)62-56)50(7)18-22-53(10)42-24-31(2)38(59)29-48(42,5)16-20-54(53,11)43(50)27-36(45)57/h13-14,25-26,30-31,41-43,61H,15-24,27-29H2,1-12H3/t30-,31-,41-,42-,43+,47+,48+,49+,50+,51-,52+,53+,54-,55-,56+/m1/s1. The lowest BCUT2D eigenvalue weighted by molar-refractivity contribution is -0.231. The molecule has 0 radical (unpaired) electrons. The maximum absolute atomic E-state index is 14.9. The van der Waals surface area contributed by atoms with Crippen LogP contribution in [-0.2, 0) is 19.8 Å². The first kappa shape index (κ1) is 42.3. The molecule has 7 nitrogen and oxygen atoms in total. The van der Waals surface area contributed by atoms with Crippen LogP contribution in [0.2, 0.25) is 0 Å². The number of carbonyl (C=O) groups is 4. The van der Waals surface area contributed by atoms with E-state index in [0.717, 1.165) is 86.5 Å². The van der Waals surface area contributed by atoms with Crippen LogP contribution in [0.25, 0.3) is 0 Å². The maximum Gasteiger partial charge on any atom is 0.317 e. The molecule has 1 aromatic rings. The summed E-state index contributed by atoms with van der Waals surface area (Å²) in [4.78, 5) is 55.9. The molecule has 0 aromatic heterocycles. The number of hydrogen-bond acceptors (Lipinski definition) is 7. The molecule has 338 valence electrons. The minimum Gasteiger partial charge on any atom is -0.471 e. The summed E-state index contributed by atoms with van der Waals surface area (Å²) < 4.78 is 13.9. The van der Waals surface area contributed by atoms with Gasteiger partial charge in [0.15, 0.2) is 17.3 Å². The van der Waals surface area contributed by atoms with Crippen molar-refractivity contribution in [2.24, 2.45) is 67.5 Å². The van der Waals surface area contributed by atoms with Gasteiger partial charge in [-0.15, -0.1) is 0 Å². The Kier molecular flexibility index (Phi) is 8.17. The van der Waals surface area contributed by atoms with Crippen LogP contribution in [-0.4, -0.2) is 39.6 Å². The van der Waals surface area contributed by atoms with Gasteiger partial charge in [0.25, 0.3) is 0 Å². The van der Waals surface area contributed by atoms with Crippen molar-refractivity contribution in [3.05, 3.63) is 57.7 Å². The zero-order valence-electron chi connectivity index (χ0n) is 40.3. The van der Waals surface area contributed by atoms with Crippen LogP contribution >= 0.6 is 0 Å². The van der Waals surface area contributed by atoms with Crippen LogP contribution in [0.1, 0.15) is 181 Å². The Labute approximate surface area is 375 Å². The predicted molar refractivity (Wildman–Crippen MR) is 242 cm³/mol. The molecule has 0 spiro atoms. The zero-order valence-corrected chi connectivity index (χ0v) is 40.3. The number of carbonyl (C=O) groups excluding carboxylic acids is 4. The SMILES string of the molecule is Cc1c2c(cc3c1C(=O)C[C@H]1[C@@]3(C)CC[C@@]3(C)[C@@H]4C[C@@H](C)C(=O)C[C@]4(C)CC[C@]13C)O[C@@]1(O)C(=O)C=C3C(=CC=C4[C@@]3(C)CC[C@@]3(C)[C@@H]5C[C@@H](C)C(=O)C[C@]5(C)CC[C@]43C)[C@@]1(C)O2. The summed E-state index contributed by atoms with van der Waals surface area (Å²) in [6, 6.07) is 1.96. The van der Waals surface area contributed by atoms with E-state index in [1.54, 1.807) is 13.0 Å². The normalized spacial score (nSPS) is 51.6. The molecule has 0 saturated heterocycles. The molecule has 9 aliphatic carbocycles. The predicted octanol–water partition coefficient (Wildman–Crippen LogP) is 11.5. The molecule has 0 unspecified atom stereocenters. The molecular weight excluding hydrogens is 785 g/mol. The summed E-state index contributed by atoms with van der Waals surface area (Å²) in [6.45, 7) is 27.2. The van der Waals surface area contributed by atoms with Crippen molar-refractivity contribution in [2.45, 2.75) is 183 Å². The lowest BCUT2D eigenvalue weighted by Gasteiger charge is -2.71. The van der Waals surface area contributed by atoms with Gasteiger partial charge in [-0.05, 0) is 157 Å². The van der Waals surface area contributed by atoms with Crippen molar-refractivity contribution < 1.29 is 33.8 Å². The highest BCUT2D eigenvalue weighted by atomic mass is 16.7. The second-order valence-corrected chi connectivity index (χ2v) is 25.7. The molecule has 6 saturated carbocycles. The quantitative estimate of drug-likeness (QED) is 0.277. The minimum absolute atomic E-state index is 0.00664. The highest BCUT2D eigenvalue weighted by Gasteiger charge is 2.72. The fraction of sp³-hybridized carbons (Fsp3) is 0.714. The molecule has 11 rings (SSSR count). The average Bonchev–Trinajstić information content (AvgIpc) is 3.21. The first-order valence-electron chi connectivity index (χ1n) is 24.8. The molecule has 7 heteroatoms. The van der Waals surface area contributed by atoms with Gasteiger partial charge < -0.3 is 14.6 Å². The van der Waals surface area contributed by atoms with Gasteiger partial charge in [0.1, 0.15) is 11.6 Å². The lowest BCUT2D eigenvalue weighted by atomic mass is 9.33. The van der Waals surface area contributed by atoms with Gasteiger partial charge in [-0.25, -0.2) is 0 Å². The van der Waals surface area contributed by atoms with Crippen molar-refractivity contribution in [3.63, 3.8) is 0 Å². The van der Waals surface area contributed by atoms with Crippen molar-refractivity contribution in [1.29, 1.82) is 0 Å². The van der Waals surface area contributed by atoms with E-state index in [0.29, 0.717) is 59.7 Å². The van der Waals surface area contributed by atoms with E-state index >= 15 is 0 Å². The average molecular weight is 857 g/mol. The third-order valence-electron chi connectivity index (χ3n) is 23.1. The highest BCUT2D eigenvalue weighted by Crippen LogP contribution is 2.77. The fourth-order valence-electron chi connectivity index (χ4n) is 18.5. The minimum atomic E-state index is -2.32. The van der Waals surface area contributed by atoms with Crippen molar-refractivity contribution in [2.75, 3.05) is 0 Å². The Morgan fingerprint density at radius 3 is 1.87 bits per heavy atom. The summed E-state index contributed by atoms with van der Waals surface area (Å²) in [5, 5.41) is 12.8. The monoisotopic (exact) mass is 857 g/mol. The summed E-state index contributed by atoms with van der Waals surface area (Å²) in [5.41, 5.74) is 2.67. The van der Waals surface area contributed by atoms with E-state index in [1.165, 1.54) is 5.57 Å². The van der Waals surface area contributed by atoms with Crippen molar-refractivity contribution in [1.82, 2.24) is 0 Å². The molecule has 10 aliphatic rings. The largest absolute Gasteiger partial charge is 0.471 e. The van der Waals surface area contributed by atoms with Gasteiger partial charge in [0.2, 0.25) is 11.4 Å². The van der Waals surface area contributed by atoms with Gasteiger partial charge >= 0.3 is 5.79 Å². The molecule has 1 heterocycles. The second kappa shape index (κ2) is 12.2. The van der Waals surface area contributed by atoms with E-state index in [-0.39, 0.29) is 61.4 Å². The Balaban J connectivity index is 0.980. The molecule has 63 heavy (non-hydrogen) atoms. The molecule has 0 amide bonds. The van der Waals surface area contributed by atoms with Crippen molar-refractivity contribution in [3.8, 4) is 11.5 Å². The van der Waals surface area contributed by atoms with E-state index in [1.807, 2.05) is 13.0 Å². The van der Waals surface area contributed by atoms with Gasteiger partial charge in [0.05, 0.1) is 0 Å². The van der Waals surface area contributed by atoms with Gasteiger partial charge in [-0.1, -0.05) is 87.0 Å². The second-order valence-electron chi connectivity index (χ2n) is 25.7. The number of rotatable bonds is 0. The third-order valence-corrected chi connectivity index (χ3v) is 23.1. The van der Waals surface area contributed by atoms with E-state index < -0.39 is 22.6 Å². The number of Topliss-reactive ketones (excluding diaryl/α,β-unsaturated/α-hetero) is 3. The summed E-state index contributed by atoms with van der Waals surface area (Å²) >= 11 is 0. The molecule has 1 N–H and O–H groups in total. The summed E-state index contributed by atoms with van der Waals surface area (Å²) in [5.74, 6) is -0.0711. The van der Waals surface area contributed by atoms with E-state index in [2.05, 4.69) is 81.4 Å². The van der Waals surface area contributed by atoms with Crippen LogP contribution < -0.4 is 9.47 Å². The molecular formula is C56H72O7. The number of benzene rings is 1. The van der Waals surface area contributed by atoms with E-state index in [9.17, 15) is 24.3 Å². The number of ether oxygens (including phenoxy) is 2. The van der Waals surface area contributed by atoms with Gasteiger partial charge in [-0.3, -0.25) is 19.2 Å². The first-order valence-corrected chi connectivity index (χ1v) is 24.8. The molecule has 6 fully saturated rings. The lowest BCUT2D eigenvalue weighted by Crippen LogP contribution is -2.70. The maximum atomic E-state index is 14.9. The number of aliphatic hydroxyl groups is 1. The number of allylic oxidation sites excluding steroid dienone is 3. The number of ketones is 4.